The molecule has 0 aliphatic carbocycles. The Hall–Kier alpha value is -1.29. The van der Waals surface area contributed by atoms with Crippen LogP contribution in [0.3, 0.4) is 0 Å². The van der Waals surface area contributed by atoms with Crippen LogP contribution in [0.25, 0.3) is 0 Å². The minimum atomic E-state index is -0.954. The number of carbonyl (C=O) groups excluding carboxylic acids is 1. The summed E-state index contributed by atoms with van der Waals surface area (Å²) in [4.78, 5) is 12.0. The zero-order valence-electron chi connectivity index (χ0n) is 10.9. The number of Topliss-reactive ketones (excluding diaryl/α,β-unsaturated/α-hetero) is 1. The molecule has 0 bridgehead atoms. The predicted molar refractivity (Wildman–Crippen MR) is 65.3 cm³/mol. The highest BCUT2D eigenvalue weighted by Gasteiger charge is 2.23. The Balaban J connectivity index is 2.82. The van der Waals surface area contributed by atoms with Gasteiger partial charge in [0, 0.05) is 13.0 Å². The molecule has 4 heteroatoms. The van der Waals surface area contributed by atoms with E-state index in [0.717, 1.165) is 6.07 Å². The van der Waals surface area contributed by atoms with Crippen LogP contribution in [0.2, 0.25) is 0 Å². The Morgan fingerprint density at radius 1 is 1.33 bits per heavy atom. The fourth-order valence-electron chi connectivity index (χ4n) is 1.81. The van der Waals surface area contributed by atoms with E-state index in [2.05, 4.69) is 0 Å². The number of hydrogen-bond donors (Lipinski definition) is 0. The van der Waals surface area contributed by atoms with E-state index in [1.54, 1.807) is 6.92 Å². The van der Waals surface area contributed by atoms with Crippen molar-refractivity contribution in [2.45, 2.75) is 33.3 Å². The van der Waals surface area contributed by atoms with E-state index in [-0.39, 0.29) is 23.7 Å². The summed E-state index contributed by atoms with van der Waals surface area (Å²) in [5.74, 6) is -2.10. The number of ether oxygens (including phenoxy) is 1. The third-order valence-electron chi connectivity index (χ3n) is 2.67. The minimum absolute atomic E-state index is 0.00840. The van der Waals surface area contributed by atoms with Crippen LogP contribution in [0.4, 0.5) is 8.78 Å². The molecule has 0 fully saturated rings. The minimum Gasteiger partial charge on any atom is -0.370 e. The summed E-state index contributed by atoms with van der Waals surface area (Å²) < 4.78 is 31.8. The van der Waals surface area contributed by atoms with E-state index in [1.807, 2.05) is 13.8 Å². The van der Waals surface area contributed by atoms with Gasteiger partial charge in [0.1, 0.15) is 6.10 Å². The fourth-order valence-corrected chi connectivity index (χ4v) is 1.81. The SMILES string of the molecule is CCOC(C(=O)Cc1cccc(F)c1F)C(C)C. The normalized spacial score (nSPS) is 12.8. The third kappa shape index (κ3) is 3.60. The molecule has 100 valence electrons. The number of halogens is 2. The largest absolute Gasteiger partial charge is 0.370 e. The summed E-state index contributed by atoms with van der Waals surface area (Å²) in [5, 5.41) is 0. The lowest BCUT2D eigenvalue weighted by atomic mass is 9.97. The van der Waals surface area contributed by atoms with Crippen molar-refractivity contribution in [1.82, 2.24) is 0 Å². The number of hydrogen-bond acceptors (Lipinski definition) is 2. The molecular weight excluding hydrogens is 238 g/mol. The maximum absolute atomic E-state index is 13.4. The quantitative estimate of drug-likeness (QED) is 0.781. The van der Waals surface area contributed by atoms with Crippen LogP contribution in [0, 0.1) is 17.6 Å². The summed E-state index contributed by atoms with van der Waals surface area (Å²) in [7, 11) is 0. The Morgan fingerprint density at radius 3 is 2.56 bits per heavy atom. The standard InChI is InChI=1S/C14H18F2O2/c1-4-18-14(9(2)3)12(17)8-10-6-5-7-11(15)13(10)16/h5-7,9,14H,4,8H2,1-3H3. The van der Waals surface area contributed by atoms with Gasteiger partial charge < -0.3 is 4.74 Å². The van der Waals surface area contributed by atoms with Crippen LogP contribution < -0.4 is 0 Å². The summed E-state index contributed by atoms with van der Waals surface area (Å²) in [5.41, 5.74) is 0.0744. The molecule has 0 aromatic heterocycles. The van der Waals surface area contributed by atoms with Gasteiger partial charge in [-0.1, -0.05) is 26.0 Å². The number of carbonyl (C=O) groups is 1. The summed E-state index contributed by atoms with van der Waals surface area (Å²) >= 11 is 0. The van der Waals surface area contributed by atoms with E-state index in [1.165, 1.54) is 12.1 Å². The second-order valence-corrected chi connectivity index (χ2v) is 4.48. The van der Waals surface area contributed by atoms with Crippen LogP contribution in [-0.4, -0.2) is 18.5 Å². The van der Waals surface area contributed by atoms with E-state index in [4.69, 9.17) is 4.74 Å². The first kappa shape index (κ1) is 14.8. The van der Waals surface area contributed by atoms with Crippen molar-refractivity contribution in [3.05, 3.63) is 35.4 Å². The fraction of sp³-hybridized carbons (Fsp3) is 0.500. The van der Waals surface area contributed by atoms with Crippen molar-refractivity contribution in [2.75, 3.05) is 6.61 Å². The van der Waals surface area contributed by atoms with Gasteiger partial charge in [0.15, 0.2) is 17.4 Å². The van der Waals surface area contributed by atoms with Gasteiger partial charge in [-0.3, -0.25) is 4.79 Å². The van der Waals surface area contributed by atoms with Crippen molar-refractivity contribution in [1.29, 1.82) is 0 Å². The molecule has 1 unspecified atom stereocenters. The third-order valence-corrected chi connectivity index (χ3v) is 2.67. The lowest BCUT2D eigenvalue weighted by Gasteiger charge is -2.19. The molecule has 0 spiro atoms. The monoisotopic (exact) mass is 256 g/mol. The Kier molecular flexibility index (Phi) is 5.41. The van der Waals surface area contributed by atoms with Gasteiger partial charge >= 0.3 is 0 Å². The lowest BCUT2D eigenvalue weighted by molar-refractivity contribution is -0.132. The van der Waals surface area contributed by atoms with E-state index < -0.39 is 17.7 Å². The molecule has 0 saturated carbocycles. The molecule has 1 aromatic carbocycles. The number of ketones is 1. The molecule has 18 heavy (non-hydrogen) atoms. The van der Waals surface area contributed by atoms with Crippen molar-refractivity contribution in [2.24, 2.45) is 5.92 Å². The Bertz CT molecular complexity index is 416. The maximum Gasteiger partial charge on any atom is 0.166 e. The van der Waals surface area contributed by atoms with Gasteiger partial charge in [-0.15, -0.1) is 0 Å². The van der Waals surface area contributed by atoms with Crippen molar-refractivity contribution >= 4 is 5.78 Å². The Morgan fingerprint density at radius 2 is 2.00 bits per heavy atom. The van der Waals surface area contributed by atoms with E-state index in [0.29, 0.717) is 6.61 Å². The van der Waals surface area contributed by atoms with Crippen LogP contribution in [0.15, 0.2) is 18.2 Å². The Labute approximate surface area is 106 Å². The maximum atomic E-state index is 13.4. The molecule has 0 saturated heterocycles. The predicted octanol–water partition coefficient (Wildman–Crippen LogP) is 3.14. The van der Waals surface area contributed by atoms with Gasteiger partial charge in [-0.25, -0.2) is 8.78 Å². The molecular formula is C14H18F2O2. The van der Waals surface area contributed by atoms with Crippen LogP contribution in [-0.2, 0) is 16.0 Å². The smallest absolute Gasteiger partial charge is 0.166 e. The highest BCUT2D eigenvalue weighted by atomic mass is 19.2. The summed E-state index contributed by atoms with van der Waals surface area (Å²) in [6, 6.07) is 3.84. The second kappa shape index (κ2) is 6.59. The van der Waals surface area contributed by atoms with Gasteiger partial charge in [0.05, 0.1) is 0 Å². The van der Waals surface area contributed by atoms with Crippen LogP contribution >= 0.6 is 0 Å². The molecule has 1 aromatic rings. The molecule has 0 aliphatic rings. The molecule has 0 heterocycles. The van der Waals surface area contributed by atoms with Crippen LogP contribution in [0.5, 0.6) is 0 Å². The first-order valence-electron chi connectivity index (χ1n) is 6.04. The zero-order valence-corrected chi connectivity index (χ0v) is 10.9. The topological polar surface area (TPSA) is 26.3 Å². The molecule has 2 nitrogen and oxygen atoms in total. The van der Waals surface area contributed by atoms with E-state index >= 15 is 0 Å². The number of rotatable bonds is 6. The van der Waals surface area contributed by atoms with Gasteiger partial charge in [0.25, 0.3) is 0 Å². The molecule has 1 atom stereocenters. The van der Waals surface area contributed by atoms with Crippen LogP contribution in [0.1, 0.15) is 26.3 Å². The average Bonchev–Trinajstić information content (AvgIpc) is 2.31. The molecule has 0 aliphatic heterocycles. The van der Waals surface area contributed by atoms with Crippen molar-refractivity contribution in [3.63, 3.8) is 0 Å². The molecule has 1 rings (SSSR count). The average molecular weight is 256 g/mol. The zero-order chi connectivity index (χ0) is 13.7. The molecule has 0 N–H and O–H groups in total. The summed E-state index contributed by atoms with van der Waals surface area (Å²) in [6.07, 6.45) is -0.718. The first-order valence-corrected chi connectivity index (χ1v) is 6.04. The highest BCUT2D eigenvalue weighted by molar-refractivity contribution is 5.85. The molecule has 0 amide bonds. The van der Waals surface area contributed by atoms with Gasteiger partial charge in [0.2, 0.25) is 0 Å². The molecule has 0 radical (unpaired) electrons. The van der Waals surface area contributed by atoms with Crippen molar-refractivity contribution in [3.8, 4) is 0 Å². The second-order valence-electron chi connectivity index (χ2n) is 4.48. The van der Waals surface area contributed by atoms with Crippen molar-refractivity contribution < 1.29 is 18.3 Å². The number of benzene rings is 1. The first-order chi connectivity index (χ1) is 8.47. The van der Waals surface area contributed by atoms with E-state index in [9.17, 15) is 13.6 Å². The highest BCUT2D eigenvalue weighted by Crippen LogP contribution is 2.16. The summed E-state index contributed by atoms with van der Waals surface area (Å²) in [6.45, 7) is 5.94. The lowest BCUT2D eigenvalue weighted by Crippen LogP contribution is -2.31. The van der Waals surface area contributed by atoms with Gasteiger partial charge in [-0.05, 0) is 24.5 Å². The van der Waals surface area contributed by atoms with Gasteiger partial charge in [-0.2, -0.15) is 0 Å².